The maximum Gasteiger partial charge on any atom is 0.166 e. The summed E-state index contributed by atoms with van der Waals surface area (Å²) in [6, 6.07) is 11.1. The first-order valence-electron chi connectivity index (χ1n) is 10.3. The smallest absolute Gasteiger partial charge is 0.166 e. The molecule has 0 aromatic heterocycles. The van der Waals surface area contributed by atoms with Crippen molar-refractivity contribution in [3.63, 3.8) is 0 Å². The average Bonchev–Trinajstić information content (AvgIpc) is 3.18. The first-order valence-corrected chi connectivity index (χ1v) is 10.3. The molecule has 1 aromatic carbocycles. The number of anilines is 1. The minimum Gasteiger partial charge on any atom is -0.382 e. The van der Waals surface area contributed by atoms with Crippen molar-refractivity contribution in [1.82, 2.24) is 10.2 Å². The van der Waals surface area contributed by atoms with Crippen molar-refractivity contribution in [1.29, 1.82) is 10.5 Å². The predicted molar refractivity (Wildman–Crippen MR) is 112 cm³/mol. The number of nitrogens with zero attached hydrogens (tertiary/aromatic N) is 3. The molecule has 1 aliphatic carbocycles. The van der Waals surface area contributed by atoms with Gasteiger partial charge in [-0.25, -0.2) is 0 Å². The summed E-state index contributed by atoms with van der Waals surface area (Å²) in [7, 11) is 2.12. The summed E-state index contributed by atoms with van der Waals surface area (Å²) in [5.74, 6) is 0. The zero-order valence-electron chi connectivity index (χ0n) is 16.9. The molecule has 2 fully saturated rings. The standard InChI is InChI=1S/C23H29N5/c1-22(14-24,15-25)21-4-3-18(11-20(21)17-5-9-28(2)10-6-17)27-19-12-23(13-19)7-8-26-16-23/h3-5,11,19,26-27H,6-10,12-13,16H2,1-2H3. The SMILES string of the molecule is CN1CC=C(c2cc(NC3CC4(CCNC4)C3)ccc2C(C)(C#N)C#N)CC1. The van der Waals surface area contributed by atoms with Gasteiger partial charge in [-0.05, 0) is 80.4 Å². The summed E-state index contributed by atoms with van der Waals surface area (Å²) in [6.45, 7) is 5.92. The van der Waals surface area contributed by atoms with E-state index in [0.717, 1.165) is 49.4 Å². The zero-order valence-corrected chi connectivity index (χ0v) is 16.9. The first kappa shape index (κ1) is 19.0. The summed E-state index contributed by atoms with van der Waals surface area (Å²) in [5, 5.41) is 26.5. The molecule has 2 aliphatic heterocycles. The third kappa shape index (κ3) is 3.41. The number of hydrogen-bond acceptors (Lipinski definition) is 5. The first-order chi connectivity index (χ1) is 13.5. The van der Waals surface area contributed by atoms with E-state index in [0.29, 0.717) is 11.5 Å². The Morgan fingerprint density at radius 3 is 2.68 bits per heavy atom. The minimum atomic E-state index is -1.13. The van der Waals surface area contributed by atoms with Gasteiger partial charge in [0.25, 0.3) is 0 Å². The molecule has 1 saturated carbocycles. The molecule has 28 heavy (non-hydrogen) atoms. The summed E-state index contributed by atoms with van der Waals surface area (Å²) in [6.07, 6.45) is 6.91. The Morgan fingerprint density at radius 2 is 2.07 bits per heavy atom. The fourth-order valence-corrected chi connectivity index (χ4v) is 4.96. The molecule has 1 spiro atoms. The van der Waals surface area contributed by atoms with Crippen LogP contribution in [0, 0.1) is 28.1 Å². The molecule has 1 aromatic rings. The van der Waals surface area contributed by atoms with Crippen molar-refractivity contribution in [2.24, 2.45) is 5.41 Å². The molecule has 0 radical (unpaired) electrons. The largest absolute Gasteiger partial charge is 0.382 e. The lowest BCUT2D eigenvalue weighted by Crippen LogP contribution is -2.46. The van der Waals surface area contributed by atoms with Gasteiger partial charge in [0.1, 0.15) is 0 Å². The van der Waals surface area contributed by atoms with Crippen molar-refractivity contribution in [2.75, 3.05) is 38.5 Å². The van der Waals surface area contributed by atoms with Gasteiger partial charge in [0, 0.05) is 31.4 Å². The van der Waals surface area contributed by atoms with E-state index in [1.54, 1.807) is 6.92 Å². The van der Waals surface area contributed by atoms with Crippen LogP contribution in [0.15, 0.2) is 24.3 Å². The van der Waals surface area contributed by atoms with Crippen LogP contribution < -0.4 is 10.6 Å². The highest BCUT2D eigenvalue weighted by Gasteiger charge is 2.45. The second kappa shape index (κ2) is 7.24. The van der Waals surface area contributed by atoms with Crippen molar-refractivity contribution in [3.05, 3.63) is 35.4 Å². The Bertz CT molecular complexity index is 844. The molecule has 4 rings (SSSR count). The van der Waals surface area contributed by atoms with E-state index in [2.05, 4.69) is 46.9 Å². The van der Waals surface area contributed by atoms with E-state index < -0.39 is 5.41 Å². The summed E-state index contributed by atoms with van der Waals surface area (Å²) >= 11 is 0. The van der Waals surface area contributed by atoms with Gasteiger partial charge in [0.05, 0.1) is 12.1 Å². The summed E-state index contributed by atoms with van der Waals surface area (Å²) < 4.78 is 0. The van der Waals surface area contributed by atoms with Crippen LogP contribution in [0.2, 0.25) is 0 Å². The van der Waals surface area contributed by atoms with Gasteiger partial charge in [-0.3, -0.25) is 0 Å². The van der Waals surface area contributed by atoms with Crippen molar-refractivity contribution < 1.29 is 0 Å². The molecule has 5 nitrogen and oxygen atoms in total. The fraction of sp³-hybridized carbons (Fsp3) is 0.565. The van der Waals surface area contributed by atoms with E-state index in [1.807, 2.05) is 12.1 Å². The second-order valence-corrected chi connectivity index (χ2v) is 9.03. The van der Waals surface area contributed by atoms with Crippen LogP contribution in [0.5, 0.6) is 0 Å². The maximum atomic E-state index is 9.66. The Morgan fingerprint density at radius 1 is 1.29 bits per heavy atom. The highest BCUT2D eigenvalue weighted by Crippen LogP contribution is 2.47. The number of nitriles is 2. The molecule has 0 bridgehead atoms. The number of rotatable bonds is 4. The molecule has 0 atom stereocenters. The highest BCUT2D eigenvalue weighted by molar-refractivity contribution is 5.74. The molecule has 2 N–H and O–H groups in total. The maximum absolute atomic E-state index is 9.66. The Balaban J connectivity index is 1.60. The van der Waals surface area contributed by atoms with Crippen LogP contribution in [-0.4, -0.2) is 44.2 Å². The summed E-state index contributed by atoms with van der Waals surface area (Å²) in [5.41, 5.74) is 3.61. The molecule has 0 amide bonds. The van der Waals surface area contributed by atoms with Crippen LogP contribution in [-0.2, 0) is 5.41 Å². The monoisotopic (exact) mass is 375 g/mol. The van der Waals surface area contributed by atoms with Crippen LogP contribution in [0.4, 0.5) is 5.69 Å². The zero-order chi connectivity index (χ0) is 19.8. The van der Waals surface area contributed by atoms with E-state index in [-0.39, 0.29) is 0 Å². The second-order valence-electron chi connectivity index (χ2n) is 9.03. The van der Waals surface area contributed by atoms with Gasteiger partial charge in [0.2, 0.25) is 0 Å². The molecular weight excluding hydrogens is 346 g/mol. The minimum absolute atomic E-state index is 0.511. The van der Waals surface area contributed by atoms with Gasteiger partial charge in [-0.15, -0.1) is 0 Å². The van der Waals surface area contributed by atoms with Crippen LogP contribution in [0.3, 0.4) is 0 Å². The van der Waals surface area contributed by atoms with Crippen molar-refractivity contribution in [2.45, 2.75) is 44.1 Å². The molecule has 0 unspecified atom stereocenters. The predicted octanol–water partition coefficient (Wildman–Crippen LogP) is 3.26. The van der Waals surface area contributed by atoms with E-state index >= 15 is 0 Å². The highest BCUT2D eigenvalue weighted by atomic mass is 15.1. The summed E-state index contributed by atoms with van der Waals surface area (Å²) in [4.78, 5) is 2.28. The third-order valence-corrected chi connectivity index (χ3v) is 6.83. The van der Waals surface area contributed by atoms with E-state index in [4.69, 9.17) is 0 Å². The van der Waals surface area contributed by atoms with E-state index in [9.17, 15) is 10.5 Å². The number of nitrogens with one attached hydrogen (secondary N) is 2. The van der Waals surface area contributed by atoms with Gasteiger partial charge in [0.15, 0.2) is 5.41 Å². The Hall–Kier alpha value is -2.34. The van der Waals surface area contributed by atoms with Crippen molar-refractivity contribution >= 4 is 11.3 Å². The lowest BCUT2D eigenvalue weighted by molar-refractivity contribution is 0.142. The molecule has 146 valence electrons. The van der Waals surface area contributed by atoms with Crippen LogP contribution in [0.1, 0.15) is 43.7 Å². The molecule has 1 saturated heterocycles. The number of hydrogen-bond donors (Lipinski definition) is 2. The van der Waals surface area contributed by atoms with Crippen LogP contribution >= 0.6 is 0 Å². The lowest BCUT2D eigenvalue weighted by Gasteiger charge is -2.45. The molecule has 3 aliphatic rings. The lowest BCUT2D eigenvalue weighted by atomic mass is 9.65. The Kier molecular flexibility index (Phi) is 4.91. The number of benzene rings is 1. The quantitative estimate of drug-likeness (QED) is 0.845. The van der Waals surface area contributed by atoms with Crippen molar-refractivity contribution in [3.8, 4) is 12.1 Å². The van der Waals surface area contributed by atoms with Crippen LogP contribution in [0.25, 0.3) is 5.57 Å². The average molecular weight is 376 g/mol. The normalized spacial score (nSPS) is 27.6. The molecular formula is C23H29N5. The third-order valence-electron chi connectivity index (χ3n) is 6.83. The van der Waals surface area contributed by atoms with Gasteiger partial charge < -0.3 is 15.5 Å². The molecule has 5 heteroatoms. The van der Waals surface area contributed by atoms with E-state index in [1.165, 1.54) is 24.8 Å². The Labute approximate surface area is 168 Å². The van der Waals surface area contributed by atoms with Gasteiger partial charge >= 0.3 is 0 Å². The topological polar surface area (TPSA) is 74.9 Å². The number of likely N-dealkylation sites (N-methyl/N-ethyl adjacent to an activating group) is 1. The molecule has 2 heterocycles. The van der Waals surface area contributed by atoms with Gasteiger partial charge in [-0.2, -0.15) is 10.5 Å². The fourth-order valence-electron chi connectivity index (χ4n) is 4.96. The van der Waals surface area contributed by atoms with Gasteiger partial charge in [-0.1, -0.05) is 12.1 Å².